The zero-order valence-corrected chi connectivity index (χ0v) is 13.3. The van der Waals surface area contributed by atoms with Crippen LogP contribution in [-0.2, 0) is 6.54 Å². The molecule has 0 bridgehead atoms. The first-order valence-electron chi connectivity index (χ1n) is 7.24. The van der Waals surface area contributed by atoms with Crippen LogP contribution in [0.4, 0.5) is 5.82 Å². The number of nitrogens with zero attached hydrogens (tertiary/aromatic N) is 3. The summed E-state index contributed by atoms with van der Waals surface area (Å²) in [4.78, 5) is 15.0. The Labute approximate surface area is 137 Å². The van der Waals surface area contributed by atoms with Gasteiger partial charge in [0.1, 0.15) is 22.7 Å². The molecule has 4 rings (SSSR count). The highest BCUT2D eigenvalue weighted by Crippen LogP contribution is 2.34. The molecule has 0 radical (unpaired) electrons. The van der Waals surface area contributed by atoms with E-state index < -0.39 is 0 Å². The number of thiophene rings is 1. The van der Waals surface area contributed by atoms with Crippen LogP contribution in [0.3, 0.4) is 0 Å². The molecule has 0 unspecified atom stereocenters. The maximum atomic E-state index is 5.36. The average Bonchev–Trinajstić information content (AvgIpc) is 3.20. The van der Waals surface area contributed by atoms with E-state index in [0.29, 0.717) is 6.54 Å². The quantitative estimate of drug-likeness (QED) is 0.608. The molecule has 3 aromatic heterocycles. The predicted molar refractivity (Wildman–Crippen MR) is 91.4 cm³/mol. The van der Waals surface area contributed by atoms with Crippen molar-refractivity contribution in [3.63, 3.8) is 0 Å². The molecular weight excluding hydrogens is 308 g/mol. The lowest BCUT2D eigenvalue weighted by molar-refractivity contribution is 0.510. The molecule has 0 saturated heterocycles. The summed E-state index contributed by atoms with van der Waals surface area (Å²) in [7, 11) is 0. The van der Waals surface area contributed by atoms with Gasteiger partial charge >= 0.3 is 0 Å². The summed E-state index contributed by atoms with van der Waals surface area (Å²) in [6.07, 6.45) is 3.04. The first kappa shape index (κ1) is 13.9. The van der Waals surface area contributed by atoms with Gasteiger partial charge in [-0.25, -0.2) is 15.0 Å². The highest BCUT2D eigenvalue weighted by molar-refractivity contribution is 7.21. The van der Waals surface area contributed by atoms with Crippen LogP contribution in [0.1, 0.15) is 11.5 Å². The van der Waals surface area contributed by atoms with Gasteiger partial charge in [-0.3, -0.25) is 0 Å². The third-order valence-electron chi connectivity index (χ3n) is 3.65. The largest absolute Gasteiger partial charge is 0.446 e. The maximum absolute atomic E-state index is 5.36. The lowest BCUT2D eigenvalue weighted by atomic mass is 10.2. The Kier molecular flexibility index (Phi) is 3.51. The van der Waals surface area contributed by atoms with Gasteiger partial charge < -0.3 is 9.73 Å². The van der Waals surface area contributed by atoms with Gasteiger partial charge in [0, 0.05) is 4.88 Å². The highest BCUT2D eigenvalue weighted by atomic mass is 32.1. The maximum Gasteiger partial charge on any atom is 0.181 e. The molecule has 3 heterocycles. The number of anilines is 1. The van der Waals surface area contributed by atoms with Crippen LogP contribution in [0.2, 0.25) is 0 Å². The fraction of sp³-hybridized carbons (Fsp3) is 0.118. The van der Waals surface area contributed by atoms with Crippen LogP contribution >= 0.6 is 11.3 Å². The molecule has 0 amide bonds. The smallest absolute Gasteiger partial charge is 0.181 e. The molecule has 0 atom stereocenters. The van der Waals surface area contributed by atoms with E-state index in [4.69, 9.17) is 4.42 Å². The van der Waals surface area contributed by atoms with Crippen molar-refractivity contribution in [3.05, 3.63) is 60.6 Å². The number of nitrogens with one attached hydrogen (secondary N) is 1. The second-order valence-electron chi connectivity index (χ2n) is 5.13. The molecule has 0 saturated carbocycles. The number of fused-ring (bicyclic) bond motifs is 1. The molecule has 1 N–H and O–H groups in total. The summed E-state index contributed by atoms with van der Waals surface area (Å²) in [5, 5.41) is 4.34. The molecule has 114 valence electrons. The summed E-state index contributed by atoms with van der Waals surface area (Å²) in [6.45, 7) is 2.47. The van der Waals surface area contributed by atoms with Crippen LogP contribution in [-0.4, -0.2) is 15.0 Å². The zero-order chi connectivity index (χ0) is 15.6. The second-order valence-corrected chi connectivity index (χ2v) is 6.16. The van der Waals surface area contributed by atoms with Crippen LogP contribution < -0.4 is 5.32 Å². The lowest BCUT2D eigenvalue weighted by Gasteiger charge is -2.04. The number of benzene rings is 1. The fourth-order valence-corrected chi connectivity index (χ4v) is 3.41. The number of aryl methyl sites for hydroxylation is 1. The Morgan fingerprint density at radius 1 is 1.13 bits per heavy atom. The SMILES string of the molecule is Cc1ncoc1CNc1ncnc2sc(-c3ccccc3)cc12. The topological polar surface area (TPSA) is 63.8 Å². The van der Waals surface area contributed by atoms with Gasteiger partial charge in [-0.1, -0.05) is 30.3 Å². The van der Waals surface area contributed by atoms with Gasteiger partial charge in [0.05, 0.1) is 17.6 Å². The highest BCUT2D eigenvalue weighted by Gasteiger charge is 2.11. The first-order chi connectivity index (χ1) is 11.3. The van der Waals surface area contributed by atoms with Crippen molar-refractivity contribution in [2.75, 3.05) is 5.32 Å². The molecule has 0 aliphatic rings. The standard InChI is InChI=1S/C17H14N4OS/c1-11-14(22-10-21-11)8-18-16-13-7-15(12-5-3-2-4-6-12)23-17(13)20-9-19-16/h2-7,9-10H,8H2,1H3,(H,18,19,20). The van der Waals surface area contributed by atoms with Crippen molar-refractivity contribution in [2.45, 2.75) is 13.5 Å². The van der Waals surface area contributed by atoms with Crippen molar-refractivity contribution in [3.8, 4) is 10.4 Å². The van der Waals surface area contributed by atoms with Crippen LogP contribution in [0.5, 0.6) is 0 Å². The second kappa shape index (κ2) is 5.81. The number of oxazole rings is 1. The van der Waals surface area contributed by atoms with E-state index in [-0.39, 0.29) is 0 Å². The van der Waals surface area contributed by atoms with E-state index >= 15 is 0 Å². The molecule has 1 aromatic carbocycles. The fourth-order valence-electron chi connectivity index (χ4n) is 2.40. The van der Waals surface area contributed by atoms with E-state index in [1.165, 1.54) is 16.8 Å². The van der Waals surface area contributed by atoms with Crippen LogP contribution in [0.15, 0.2) is 53.5 Å². The summed E-state index contributed by atoms with van der Waals surface area (Å²) in [6, 6.07) is 12.4. The molecule has 4 aromatic rings. The Balaban J connectivity index is 1.68. The summed E-state index contributed by atoms with van der Waals surface area (Å²) >= 11 is 1.66. The summed E-state index contributed by atoms with van der Waals surface area (Å²) in [5.74, 6) is 1.62. The van der Waals surface area contributed by atoms with Crippen molar-refractivity contribution in [1.29, 1.82) is 0 Å². The minimum Gasteiger partial charge on any atom is -0.446 e. The van der Waals surface area contributed by atoms with E-state index in [0.717, 1.165) is 27.5 Å². The minimum atomic E-state index is 0.550. The number of rotatable bonds is 4. The van der Waals surface area contributed by atoms with Gasteiger partial charge in [0.15, 0.2) is 6.39 Å². The molecular formula is C17H14N4OS. The average molecular weight is 322 g/mol. The molecule has 5 nitrogen and oxygen atoms in total. The Morgan fingerprint density at radius 2 is 2.00 bits per heavy atom. The van der Waals surface area contributed by atoms with Crippen LogP contribution in [0, 0.1) is 6.92 Å². The van der Waals surface area contributed by atoms with Gasteiger partial charge in [0.25, 0.3) is 0 Å². The molecule has 6 heteroatoms. The molecule has 23 heavy (non-hydrogen) atoms. The Hall–Kier alpha value is -2.73. The van der Waals surface area contributed by atoms with Gasteiger partial charge in [0.2, 0.25) is 0 Å². The molecule has 0 aliphatic heterocycles. The predicted octanol–water partition coefficient (Wildman–Crippen LogP) is 4.27. The van der Waals surface area contributed by atoms with Crippen molar-refractivity contribution in [1.82, 2.24) is 15.0 Å². The number of hydrogen-bond acceptors (Lipinski definition) is 6. The third-order valence-corrected chi connectivity index (χ3v) is 4.74. The first-order valence-corrected chi connectivity index (χ1v) is 8.06. The normalized spacial score (nSPS) is 11.0. The van der Waals surface area contributed by atoms with Gasteiger partial charge in [-0.05, 0) is 18.6 Å². The number of aromatic nitrogens is 3. The third kappa shape index (κ3) is 2.68. The number of hydrogen-bond donors (Lipinski definition) is 1. The summed E-state index contributed by atoms with van der Waals surface area (Å²) in [5.41, 5.74) is 2.07. The Morgan fingerprint density at radius 3 is 2.78 bits per heavy atom. The van der Waals surface area contributed by atoms with E-state index in [1.807, 2.05) is 25.1 Å². The monoisotopic (exact) mass is 322 g/mol. The van der Waals surface area contributed by atoms with E-state index in [1.54, 1.807) is 17.7 Å². The van der Waals surface area contributed by atoms with Gasteiger partial charge in [-0.15, -0.1) is 11.3 Å². The molecule has 0 spiro atoms. The summed E-state index contributed by atoms with van der Waals surface area (Å²) < 4.78 is 5.36. The lowest BCUT2D eigenvalue weighted by Crippen LogP contribution is -2.02. The van der Waals surface area contributed by atoms with Crippen molar-refractivity contribution < 1.29 is 4.42 Å². The van der Waals surface area contributed by atoms with Crippen LogP contribution in [0.25, 0.3) is 20.7 Å². The van der Waals surface area contributed by atoms with Crippen molar-refractivity contribution >= 4 is 27.4 Å². The van der Waals surface area contributed by atoms with Crippen molar-refractivity contribution in [2.24, 2.45) is 0 Å². The minimum absolute atomic E-state index is 0.550. The zero-order valence-electron chi connectivity index (χ0n) is 12.5. The van der Waals surface area contributed by atoms with Gasteiger partial charge in [-0.2, -0.15) is 0 Å². The Bertz CT molecular complexity index is 946. The molecule has 0 aliphatic carbocycles. The van der Waals surface area contributed by atoms with E-state index in [9.17, 15) is 0 Å². The van der Waals surface area contributed by atoms with E-state index in [2.05, 4.69) is 38.5 Å². The molecule has 0 fully saturated rings.